The van der Waals surface area contributed by atoms with Crippen LogP contribution in [-0.2, 0) is 0 Å². The van der Waals surface area contributed by atoms with Crippen LogP contribution >= 0.6 is 0 Å². The Morgan fingerprint density at radius 1 is 0.337 bits per heavy atom. The average Bonchev–Trinajstić information content (AvgIpc) is 3.59. The third kappa shape index (κ3) is 24.0. The summed E-state index contributed by atoms with van der Waals surface area (Å²) in [6, 6.07) is 45.3. The molecule has 0 unspecified atom stereocenters. The molecule has 434 valence electrons. The van der Waals surface area contributed by atoms with Gasteiger partial charge in [0.25, 0.3) is 0 Å². The van der Waals surface area contributed by atoms with Crippen LogP contribution in [0.15, 0.2) is 146 Å². The van der Waals surface area contributed by atoms with Gasteiger partial charge < -0.3 is 23.7 Å². The zero-order valence-corrected chi connectivity index (χ0v) is 49.1. The van der Waals surface area contributed by atoms with E-state index in [1.54, 1.807) is 72.8 Å². The number of rotatable bonds is 38. The zero-order valence-electron chi connectivity index (χ0n) is 49.1. The van der Waals surface area contributed by atoms with E-state index < -0.39 is 17.9 Å². The lowest BCUT2D eigenvalue weighted by Gasteiger charge is -2.09. The number of benzene rings is 6. The number of hydrogen-bond donors (Lipinski definition) is 0. The molecule has 0 aliphatic carbocycles. The van der Waals surface area contributed by atoms with Gasteiger partial charge in [0, 0.05) is 0 Å². The highest BCUT2D eigenvalue weighted by Crippen LogP contribution is 2.27. The summed E-state index contributed by atoms with van der Waals surface area (Å²) in [7, 11) is 0. The van der Waals surface area contributed by atoms with E-state index in [4.69, 9.17) is 23.7 Å². The highest BCUT2D eigenvalue weighted by atomic mass is 16.5. The molecule has 6 aromatic rings. The molecule has 0 amide bonds. The Bertz CT molecular complexity index is 3020. The van der Waals surface area contributed by atoms with Gasteiger partial charge in [-0.25, -0.2) is 14.4 Å². The fourth-order valence-electron chi connectivity index (χ4n) is 9.61. The van der Waals surface area contributed by atoms with Gasteiger partial charge >= 0.3 is 17.9 Å². The summed E-state index contributed by atoms with van der Waals surface area (Å²) in [4.78, 5) is 39.2. The number of allylic oxidation sites excluding steroid dienone is 2. The third-order valence-corrected chi connectivity index (χ3v) is 14.5. The number of ether oxygens (including phenoxy) is 5. The van der Waals surface area contributed by atoms with Gasteiger partial charge in [0.1, 0.15) is 28.7 Å². The van der Waals surface area contributed by atoms with Gasteiger partial charge in [0.05, 0.1) is 53.2 Å². The van der Waals surface area contributed by atoms with Crippen LogP contribution in [0.2, 0.25) is 0 Å². The average molecular weight is 1120 g/mol. The molecule has 83 heavy (non-hydrogen) atoms. The second kappa shape index (κ2) is 37.7. The first-order valence-corrected chi connectivity index (χ1v) is 30.5. The van der Waals surface area contributed by atoms with Crippen molar-refractivity contribution in [3.8, 4) is 40.9 Å². The van der Waals surface area contributed by atoms with Crippen molar-refractivity contribution in [2.24, 2.45) is 0 Å². The Kier molecular flexibility index (Phi) is 29.1. The molecule has 0 fully saturated rings. The molecule has 0 N–H and O–H groups in total. The topological polar surface area (TPSA) is 145 Å². The molecule has 6 rings (SSSR count). The van der Waals surface area contributed by atoms with Gasteiger partial charge in [-0.2, -0.15) is 10.5 Å². The second-order valence-electron chi connectivity index (χ2n) is 21.3. The van der Waals surface area contributed by atoms with Crippen molar-refractivity contribution < 1.29 is 38.1 Å². The predicted molar refractivity (Wildman–Crippen MR) is 334 cm³/mol. The number of carbonyl (C=O) groups is 3. The number of unbranched alkanes of at least 4 members (excludes halogenated alkanes) is 22. The summed E-state index contributed by atoms with van der Waals surface area (Å²) in [5, 5.41) is 20.2. The fraction of sp³-hybridized carbons (Fsp3) is 0.384. The van der Waals surface area contributed by atoms with E-state index >= 15 is 0 Å². The third-order valence-electron chi connectivity index (χ3n) is 14.5. The van der Waals surface area contributed by atoms with Crippen molar-refractivity contribution in [2.45, 2.75) is 168 Å². The molecule has 0 heterocycles. The Balaban J connectivity index is 0.889. The monoisotopic (exact) mass is 1120 g/mol. The molecule has 0 aromatic heterocycles. The molecule has 0 spiro atoms. The van der Waals surface area contributed by atoms with Crippen molar-refractivity contribution >= 4 is 41.2 Å². The van der Waals surface area contributed by atoms with Gasteiger partial charge in [-0.15, -0.1) is 0 Å². The molecule has 0 saturated heterocycles. The lowest BCUT2D eigenvalue weighted by Crippen LogP contribution is -2.11. The van der Waals surface area contributed by atoms with Crippen LogP contribution in [0.4, 0.5) is 0 Å². The van der Waals surface area contributed by atoms with E-state index in [1.165, 1.54) is 165 Å². The smallest absolute Gasteiger partial charge is 0.343 e. The molecule has 0 radical (unpaired) electrons. The van der Waals surface area contributed by atoms with Gasteiger partial charge in [-0.1, -0.05) is 210 Å². The molecular formula is C73H84N2O8. The van der Waals surface area contributed by atoms with Gasteiger partial charge in [0.15, 0.2) is 0 Å². The van der Waals surface area contributed by atoms with E-state index in [0.717, 1.165) is 36.1 Å². The minimum atomic E-state index is -0.671. The van der Waals surface area contributed by atoms with Crippen LogP contribution in [0, 0.1) is 22.7 Å². The summed E-state index contributed by atoms with van der Waals surface area (Å²) in [5.74, 6) is 0.305. The minimum absolute atomic E-state index is 0.134. The molecule has 0 bridgehead atoms. The summed E-state index contributed by atoms with van der Waals surface area (Å²) < 4.78 is 28.7. The zero-order chi connectivity index (χ0) is 58.5. The number of carbonyl (C=O) groups excluding carboxylic acids is 3. The second-order valence-corrected chi connectivity index (χ2v) is 21.3. The fourth-order valence-corrected chi connectivity index (χ4v) is 9.61. The summed E-state index contributed by atoms with van der Waals surface area (Å²) in [5.41, 5.74) is 4.65. The first-order chi connectivity index (χ1) is 40.7. The van der Waals surface area contributed by atoms with E-state index in [2.05, 4.69) is 26.0 Å². The highest BCUT2D eigenvalue weighted by Gasteiger charge is 2.16. The van der Waals surface area contributed by atoms with E-state index in [1.807, 2.05) is 54.6 Å². The van der Waals surface area contributed by atoms with E-state index in [0.29, 0.717) is 46.8 Å². The maximum Gasteiger partial charge on any atom is 0.343 e. The largest absolute Gasteiger partial charge is 0.494 e. The Labute approximate surface area is 494 Å². The summed E-state index contributed by atoms with van der Waals surface area (Å²) in [6.45, 7) is 5.84. The SMILES string of the molecule is CCCCCCCCCCCCCCOc1ccc(/C=C(\C#N)c2ccc(/C(C#N)=C\c3ccc(OC(=O)c4cccc(OC(=O)c5ccc(OC(=O)c6ccc(OCCCCCCCCCCCCCC)cc6)cc5)c4)cc3)cc2)cc1. The molecule has 10 heteroatoms. The van der Waals surface area contributed by atoms with Crippen LogP contribution in [0.3, 0.4) is 0 Å². The maximum absolute atomic E-state index is 13.2. The van der Waals surface area contributed by atoms with Crippen molar-refractivity contribution in [1.29, 1.82) is 10.5 Å². The van der Waals surface area contributed by atoms with Crippen LogP contribution in [0.1, 0.15) is 221 Å². The van der Waals surface area contributed by atoms with Crippen LogP contribution in [0.25, 0.3) is 23.3 Å². The molecule has 6 aromatic carbocycles. The van der Waals surface area contributed by atoms with Crippen LogP contribution in [0.5, 0.6) is 28.7 Å². The Morgan fingerprint density at radius 2 is 0.639 bits per heavy atom. The van der Waals surface area contributed by atoms with Crippen molar-refractivity contribution in [1.82, 2.24) is 0 Å². The first kappa shape index (κ1) is 64.0. The summed E-state index contributed by atoms with van der Waals surface area (Å²) >= 11 is 0. The minimum Gasteiger partial charge on any atom is -0.494 e. The molecule has 10 nitrogen and oxygen atoms in total. The molecular weight excluding hydrogens is 1030 g/mol. The standard InChI is InChI=1S/C73H84N2O8/c1-3-5-7-9-11-13-15-17-19-21-23-25-50-79-66-42-30-57(31-43-66)52-64(55-74)59-34-36-60(37-35-59)65(56-75)53-58-32-44-68(45-33-58)82-73(78)63-28-27-29-70(54-63)83-72(77)62-40-48-69(49-41-62)81-71(76)61-38-46-67(47-39-61)80-51-26-24-22-20-18-16-14-12-10-8-6-4-2/h27-49,52-54H,3-26,50-51H2,1-2H3/b64-52+,65-53-. The van der Waals surface area contributed by atoms with Crippen molar-refractivity contribution in [3.05, 3.63) is 185 Å². The molecule has 0 aliphatic heterocycles. The van der Waals surface area contributed by atoms with Gasteiger partial charge in [0.2, 0.25) is 0 Å². The number of nitriles is 2. The van der Waals surface area contributed by atoms with Gasteiger partial charge in [-0.05, 0) is 138 Å². The molecule has 0 aliphatic rings. The lowest BCUT2D eigenvalue weighted by molar-refractivity contribution is 0.0714. The van der Waals surface area contributed by atoms with Crippen LogP contribution < -0.4 is 23.7 Å². The number of esters is 3. The van der Waals surface area contributed by atoms with Crippen molar-refractivity contribution in [2.75, 3.05) is 13.2 Å². The van der Waals surface area contributed by atoms with Gasteiger partial charge in [-0.3, -0.25) is 0 Å². The lowest BCUT2D eigenvalue weighted by atomic mass is 9.99. The summed E-state index contributed by atoms with van der Waals surface area (Å²) in [6.07, 6.45) is 34.6. The van der Waals surface area contributed by atoms with Crippen molar-refractivity contribution in [3.63, 3.8) is 0 Å². The maximum atomic E-state index is 13.2. The normalized spacial score (nSPS) is 11.3. The first-order valence-electron chi connectivity index (χ1n) is 30.5. The molecule has 0 saturated carbocycles. The van der Waals surface area contributed by atoms with E-state index in [-0.39, 0.29) is 28.4 Å². The van der Waals surface area contributed by atoms with Crippen LogP contribution in [-0.4, -0.2) is 31.1 Å². The Morgan fingerprint density at radius 3 is 1.01 bits per heavy atom. The number of hydrogen-bond acceptors (Lipinski definition) is 10. The Hall–Kier alpha value is -8.21. The predicted octanol–water partition coefficient (Wildman–Crippen LogP) is 19.6. The highest BCUT2D eigenvalue weighted by molar-refractivity contribution is 5.95. The molecule has 0 atom stereocenters. The van der Waals surface area contributed by atoms with E-state index in [9.17, 15) is 24.9 Å². The number of nitrogens with zero attached hydrogens (tertiary/aromatic N) is 2. The quantitative estimate of drug-likeness (QED) is 0.0121.